The maximum Gasteiger partial charge on any atom is 0.164 e. The molecule has 0 unspecified atom stereocenters. The van der Waals surface area contributed by atoms with E-state index in [4.69, 9.17) is 22.5 Å². The van der Waals surface area contributed by atoms with Crippen molar-refractivity contribution in [3.63, 3.8) is 0 Å². The van der Waals surface area contributed by atoms with Crippen molar-refractivity contribution in [1.29, 1.82) is 0 Å². The molecule has 57 heavy (non-hydrogen) atoms. The van der Waals surface area contributed by atoms with E-state index in [-0.39, 0.29) is 28.6 Å². The zero-order chi connectivity index (χ0) is 46.2. The molecular weight excluding hydrogens is 719 g/mol. The Morgan fingerprint density at radius 1 is 0.404 bits per heavy atom. The van der Waals surface area contributed by atoms with Gasteiger partial charge in [-0.05, 0) is 42.0 Å². The first-order valence-corrected chi connectivity index (χ1v) is 18.9. The van der Waals surface area contributed by atoms with E-state index in [2.05, 4.69) is 63.5 Å². The van der Waals surface area contributed by atoms with E-state index < -0.39 is 60.4 Å². The Morgan fingerprint density at radius 2 is 0.982 bits per heavy atom. The molecule has 5 nitrogen and oxygen atoms in total. The van der Waals surface area contributed by atoms with E-state index in [0.29, 0.717) is 16.7 Å². The Kier molecular flexibility index (Phi) is 5.18. The van der Waals surface area contributed by atoms with Gasteiger partial charge in [-0.1, -0.05) is 139 Å². The number of aromatic nitrogens is 3. The fourth-order valence-electron chi connectivity index (χ4n) is 7.76. The summed E-state index contributed by atoms with van der Waals surface area (Å²) in [4.78, 5) is 13.6. The quantitative estimate of drug-likeness (QED) is 0.175. The maximum absolute atomic E-state index is 8.71. The molecule has 0 aliphatic heterocycles. The number of thiophene rings is 1. The van der Waals surface area contributed by atoms with Gasteiger partial charge in [-0.3, -0.25) is 0 Å². The smallest absolute Gasteiger partial charge is 0.164 e. The highest BCUT2D eigenvalue weighted by molar-refractivity contribution is 7.26. The number of nitrogens with zero attached hydrogens (tertiary/aromatic N) is 3. The summed E-state index contributed by atoms with van der Waals surface area (Å²) in [7, 11) is 0. The van der Waals surface area contributed by atoms with Crippen LogP contribution in [0.4, 0.5) is 0 Å². The number of hydrogen-bond donors (Lipinski definition) is 0. The number of benzene rings is 8. The van der Waals surface area contributed by atoms with Gasteiger partial charge >= 0.3 is 0 Å². The molecule has 0 bridgehead atoms. The summed E-state index contributed by atoms with van der Waals surface area (Å²) in [5.41, 5.74) is 6.14. The summed E-state index contributed by atoms with van der Waals surface area (Å²) in [5.74, 6) is -0.747. The van der Waals surface area contributed by atoms with Crippen LogP contribution in [0.15, 0.2) is 185 Å². The topological polar surface area (TPSA) is 65.0 Å². The van der Waals surface area contributed by atoms with Gasteiger partial charge in [0.2, 0.25) is 0 Å². The van der Waals surface area contributed by atoms with Crippen LogP contribution >= 0.6 is 11.3 Å². The monoisotopic (exact) mass is 757 g/mol. The SMILES string of the molecule is [2H]c1c([2H])c([2H])c(-c2nc(-c3ccc4c(c3)oc3c(-c5cc(-c6cccc7c6oc6ccccc67)c6sc7ccccc7c6c5)cccc34)nc(-c3c([2H])c([2H])c([2H])c([2H])c3[2H])n2)c([2H])c1[2H]. The van der Waals surface area contributed by atoms with Crippen LogP contribution in [0.3, 0.4) is 0 Å². The van der Waals surface area contributed by atoms with E-state index in [9.17, 15) is 0 Å². The summed E-state index contributed by atoms with van der Waals surface area (Å²) >= 11 is 1.74. The lowest BCUT2D eigenvalue weighted by Gasteiger charge is -2.10. The minimum absolute atomic E-state index is 0.0552. The fraction of sp³-hybridized carbons (Fsp3) is 0. The Bertz CT molecular complexity index is 4000. The van der Waals surface area contributed by atoms with E-state index in [1.807, 2.05) is 54.6 Å². The lowest BCUT2D eigenvalue weighted by atomic mass is 9.94. The van der Waals surface area contributed by atoms with Crippen molar-refractivity contribution in [3.05, 3.63) is 176 Å². The van der Waals surface area contributed by atoms with Crippen molar-refractivity contribution in [2.75, 3.05) is 0 Å². The summed E-state index contributed by atoms with van der Waals surface area (Å²) in [6.45, 7) is 0. The summed E-state index contributed by atoms with van der Waals surface area (Å²) in [6, 6.07) is 32.3. The number of para-hydroxylation sites is 3. The Morgan fingerprint density at radius 3 is 1.72 bits per heavy atom. The molecule has 12 aromatic rings. The zero-order valence-electron chi connectivity index (χ0n) is 39.5. The number of furan rings is 2. The summed E-state index contributed by atoms with van der Waals surface area (Å²) in [5, 5.41) is 5.92. The second-order valence-corrected chi connectivity index (χ2v) is 14.6. The van der Waals surface area contributed by atoms with Gasteiger partial charge in [0.25, 0.3) is 0 Å². The number of fused-ring (bicyclic) bond motifs is 9. The molecule has 0 saturated heterocycles. The van der Waals surface area contributed by atoms with Crippen LogP contribution in [0, 0.1) is 0 Å². The van der Waals surface area contributed by atoms with Crippen molar-refractivity contribution >= 4 is 75.4 Å². The van der Waals surface area contributed by atoms with E-state index in [1.165, 1.54) is 0 Å². The summed E-state index contributed by atoms with van der Waals surface area (Å²) < 4.78 is 100. The molecule has 12 rings (SSSR count). The van der Waals surface area contributed by atoms with Crippen LogP contribution in [0.2, 0.25) is 0 Å². The van der Waals surface area contributed by atoms with E-state index >= 15 is 0 Å². The van der Waals surface area contributed by atoms with Crippen LogP contribution in [-0.2, 0) is 0 Å². The van der Waals surface area contributed by atoms with Gasteiger partial charge in [-0.2, -0.15) is 0 Å². The van der Waals surface area contributed by atoms with Crippen LogP contribution in [0.1, 0.15) is 13.7 Å². The third-order valence-electron chi connectivity index (χ3n) is 10.3. The van der Waals surface area contributed by atoms with Gasteiger partial charge in [0.15, 0.2) is 17.5 Å². The minimum atomic E-state index is -0.619. The molecule has 0 N–H and O–H groups in total. The average molecular weight is 758 g/mol. The van der Waals surface area contributed by atoms with Crippen LogP contribution in [-0.4, -0.2) is 15.0 Å². The third kappa shape index (κ3) is 5.12. The lowest BCUT2D eigenvalue weighted by molar-refractivity contribution is 0.670. The predicted octanol–water partition coefficient (Wildman–Crippen LogP) is 14.4. The second-order valence-electron chi connectivity index (χ2n) is 13.6. The Balaban J connectivity index is 1.07. The van der Waals surface area contributed by atoms with Gasteiger partial charge in [0.1, 0.15) is 22.3 Å². The van der Waals surface area contributed by atoms with Gasteiger partial charge in [0, 0.05) is 75.1 Å². The molecule has 0 atom stereocenters. The molecule has 266 valence electrons. The van der Waals surface area contributed by atoms with Crippen molar-refractivity contribution in [2.45, 2.75) is 0 Å². The highest BCUT2D eigenvalue weighted by Crippen LogP contribution is 2.47. The normalized spacial score (nSPS) is 14.3. The van der Waals surface area contributed by atoms with Crippen LogP contribution in [0.25, 0.3) is 120 Å². The molecule has 0 amide bonds. The Labute approximate surface area is 344 Å². The van der Waals surface area contributed by atoms with Gasteiger partial charge in [-0.25, -0.2) is 15.0 Å². The minimum Gasteiger partial charge on any atom is -0.455 e. The first kappa shape index (κ1) is 23.5. The van der Waals surface area contributed by atoms with Crippen molar-refractivity contribution in [1.82, 2.24) is 15.0 Å². The lowest BCUT2D eigenvalue weighted by Crippen LogP contribution is -2.00. The van der Waals surface area contributed by atoms with Crippen molar-refractivity contribution < 1.29 is 22.5 Å². The maximum atomic E-state index is 8.71. The molecule has 0 saturated carbocycles. The molecule has 8 aromatic carbocycles. The van der Waals surface area contributed by atoms with Gasteiger partial charge in [-0.15, -0.1) is 11.3 Å². The second kappa shape index (κ2) is 12.6. The molecular formula is C51H29N3O2S. The number of hydrogen-bond acceptors (Lipinski definition) is 6. The molecule has 0 aliphatic rings. The standard InChI is InChI=1S/C51H29N3O2S/c1-3-13-30(14-4-1)49-52-50(31-15-5-2-6-16-31)54-51(53-49)32-25-26-36-39-20-11-19-34(46(39)56-44(36)29-32)33-27-41-37-18-8-10-24-45(37)57-48(41)42(28-33)40-22-12-21-38-35-17-7-9-23-43(35)55-47(38)40/h1-29H/i1D,2D,3D,4D,5D,6D,13D,14D,15D,16D. The fourth-order valence-corrected chi connectivity index (χ4v) is 8.97. The van der Waals surface area contributed by atoms with Crippen molar-refractivity contribution in [2.24, 2.45) is 0 Å². The molecule has 0 aliphatic carbocycles. The first-order valence-electron chi connectivity index (χ1n) is 23.1. The van der Waals surface area contributed by atoms with Crippen LogP contribution in [0.5, 0.6) is 0 Å². The third-order valence-corrected chi connectivity index (χ3v) is 11.5. The highest BCUT2D eigenvalue weighted by Gasteiger charge is 2.21. The molecule has 4 aromatic heterocycles. The largest absolute Gasteiger partial charge is 0.455 e. The first-order chi connectivity index (χ1) is 32.4. The summed E-state index contributed by atoms with van der Waals surface area (Å²) in [6.07, 6.45) is 0. The molecule has 0 radical (unpaired) electrons. The molecule has 0 fully saturated rings. The van der Waals surface area contributed by atoms with Crippen molar-refractivity contribution in [3.8, 4) is 56.4 Å². The number of rotatable bonds is 5. The van der Waals surface area contributed by atoms with Gasteiger partial charge in [0.05, 0.1) is 13.7 Å². The van der Waals surface area contributed by atoms with Gasteiger partial charge < -0.3 is 8.83 Å². The molecule has 6 heteroatoms. The predicted molar refractivity (Wildman–Crippen MR) is 234 cm³/mol. The van der Waals surface area contributed by atoms with E-state index in [1.54, 1.807) is 23.5 Å². The molecule has 4 heterocycles. The molecule has 0 spiro atoms. The highest BCUT2D eigenvalue weighted by atomic mass is 32.1. The average Bonchev–Trinajstić information content (AvgIpc) is 4.05. The van der Waals surface area contributed by atoms with E-state index in [0.717, 1.165) is 75.1 Å². The Hall–Kier alpha value is -7.41. The van der Waals surface area contributed by atoms with Crippen LogP contribution < -0.4 is 0 Å². The zero-order valence-corrected chi connectivity index (χ0v) is 30.4.